The van der Waals surface area contributed by atoms with Crippen LogP contribution in [-0.4, -0.2) is 28.7 Å². The van der Waals surface area contributed by atoms with Gasteiger partial charge >= 0.3 is 11.9 Å². The van der Waals surface area contributed by atoms with E-state index >= 15 is 0 Å². The zero-order chi connectivity index (χ0) is 15.7. The third-order valence-corrected chi connectivity index (χ3v) is 3.02. The number of nitrogens with zero attached hydrogens (tertiary/aromatic N) is 3. The van der Waals surface area contributed by atoms with Crippen LogP contribution in [0.5, 0.6) is 0 Å². The van der Waals surface area contributed by atoms with E-state index in [-0.39, 0.29) is 11.1 Å². The van der Waals surface area contributed by atoms with Gasteiger partial charge in [-0.2, -0.15) is 0 Å². The van der Waals surface area contributed by atoms with Crippen LogP contribution >= 0.6 is 0 Å². The first-order valence-electron chi connectivity index (χ1n) is 6.66. The number of carboxylic acid groups (broad SMARTS) is 2. The lowest BCUT2D eigenvalue weighted by molar-refractivity contribution is 0.0696. The maximum Gasteiger partial charge on any atom is 0.335 e. The Bertz CT molecular complexity index is 533. The summed E-state index contributed by atoms with van der Waals surface area (Å²) in [6, 6.07) is 4.18. The van der Waals surface area contributed by atoms with Crippen LogP contribution in [0.4, 0.5) is 0 Å². The summed E-state index contributed by atoms with van der Waals surface area (Å²) in [6.07, 6.45) is 4.12. The van der Waals surface area contributed by atoms with Gasteiger partial charge in [0.25, 0.3) is 0 Å². The first kappa shape index (κ1) is 16.5. The molecule has 7 heteroatoms. The van der Waals surface area contributed by atoms with Gasteiger partial charge in [0.2, 0.25) is 0 Å². The molecule has 0 fully saturated rings. The third kappa shape index (κ3) is 5.97. The van der Waals surface area contributed by atoms with E-state index in [1.807, 2.05) is 0 Å². The SMILES string of the molecule is [N-]=[N+]=NCCCCCCc1cc(C(=O)O)cc(C(=O)O)c1. The van der Waals surface area contributed by atoms with E-state index in [0.29, 0.717) is 18.5 Å². The van der Waals surface area contributed by atoms with E-state index in [9.17, 15) is 9.59 Å². The van der Waals surface area contributed by atoms with Gasteiger partial charge in [-0.1, -0.05) is 18.0 Å². The normalized spacial score (nSPS) is 9.90. The van der Waals surface area contributed by atoms with Gasteiger partial charge in [-0.05, 0) is 48.6 Å². The van der Waals surface area contributed by atoms with Crippen LogP contribution in [0.2, 0.25) is 0 Å². The molecular formula is C14H17N3O4. The van der Waals surface area contributed by atoms with Crippen molar-refractivity contribution in [2.45, 2.75) is 32.1 Å². The first-order chi connectivity index (χ1) is 10.0. The Morgan fingerprint density at radius 2 is 1.57 bits per heavy atom. The molecule has 21 heavy (non-hydrogen) atoms. The van der Waals surface area contributed by atoms with Crippen molar-refractivity contribution in [1.82, 2.24) is 0 Å². The molecule has 0 saturated heterocycles. The fourth-order valence-corrected chi connectivity index (χ4v) is 1.99. The lowest BCUT2D eigenvalue weighted by Crippen LogP contribution is -2.04. The van der Waals surface area contributed by atoms with Gasteiger partial charge < -0.3 is 10.2 Å². The number of rotatable bonds is 9. The quantitative estimate of drug-likeness (QED) is 0.312. The van der Waals surface area contributed by atoms with Gasteiger partial charge in [0, 0.05) is 11.5 Å². The average Bonchev–Trinajstić information content (AvgIpc) is 2.46. The Morgan fingerprint density at radius 1 is 1.00 bits per heavy atom. The fraction of sp³-hybridized carbons (Fsp3) is 0.429. The maximum atomic E-state index is 11.0. The van der Waals surface area contributed by atoms with Crippen LogP contribution in [0.3, 0.4) is 0 Å². The predicted octanol–water partition coefficient (Wildman–Crippen LogP) is 3.50. The summed E-state index contributed by atoms with van der Waals surface area (Å²) in [5.74, 6) is -2.26. The van der Waals surface area contributed by atoms with Crippen molar-refractivity contribution in [1.29, 1.82) is 0 Å². The Balaban J connectivity index is 2.56. The molecule has 0 bridgehead atoms. The lowest BCUT2D eigenvalue weighted by atomic mass is 10.0. The molecule has 112 valence electrons. The molecule has 0 saturated carbocycles. The molecule has 0 spiro atoms. The molecule has 0 aliphatic rings. The van der Waals surface area contributed by atoms with Crippen LogP contribution in [0.25, 0.3) is 10.4 Å². The molecule has 2 N–H and O–H groups in total. The van der Waals surface area contributed by atoms with Gasteiger partial charge in [0.15, 0.2) is 0 Å². The summed E-state index contributed by atoms with van der Waals surface area (Å²) >= 11 is 0. The van der Waals surface area contributed by atoms with Gasteiger partial charge in [-0.3, -0.25) is 0 Å². The highest BCUT2D eigenvalue weighted by Crippen LogP contribution is 2.14. The van der Waals surface area contributed by atoms with Crippen LogP contribution < -0.4 is 0 Å². The van der Waals surface area contributed by atoms with Crippen molar-refractivity contribution < 1.29 is 19.8 Å². The summed E-state index contributed by atoms with van der Waals surface area (Å²) in [6.45, 7) is 0.480. The van der Waals surface area contributed by atoms with Crippen molar-refractivity contribution in [3.05, 3.63) is 45.3 Å². The van der Waals surface area contributed by atoms with E-state index in [1.54, 1.807) is 0 Å². The number of hydrogen-bond acceptors (Lipinski definition) is 3. The molecule has 0 unspecified atom stereocenters. The summed E-state index contributed by atoms with van der Waals surface area (Å²) in [7, 11) is 0. The topological polar surface area (TPSA) is 123 Å². The van der Waals surface area contributed by atoms with Gasteiger partial charge in [0.1, 0.15) is 0 Å². The van der Waals surface area contributed by atoms with Crippen molar-refractivity contribution in [3.8, 4) is 0 Å². The van der Waals surface area contributed by atoms with Crippen molar-refractivity contribution >= 4 is 11.9 Å². The van der Waals surface area contributed by atoms with Crippen LogP contribution in [-0.2, 0) is 6.42 Å². The molecular weight excluding hydrogens is 274 g/mol. The maximum absolute atomic E-state index is 11.0. The Labute approximate surface area is 121 Å². The number of carbonyl (C=O) groups is 2. The molecule has 7 nitrogen and oxygen atoms in total. The second-order valence-corrected chi connectivity index (χ2v) is 4.65. The number of carboxylic acids is 2. The smallest absolute Gasteiger partial charge is 0.335 e. The molecule has 0 atom stereocenters. The predicted molar refractivity (Wildman–Crippen MR) is 76.5 cm³/mol. The van der Waals surface area contributed by atoms with E-state index in [1.165, 1.54) is 12.1 Å². The van der Waals surface area contributed by atoms with Crippen molar-refractivity contribution in [3.63, 3.8) is 0 Å². The van der Waals surface area contributed by atoms with E-state index in [0.717, 1.165) is 31.7 Å². The summed E-state index contributed by atoms with van der Waals surface area (Å²) in [5.41, 5.74) is 8.82. The Kier molecular flexibility index (Phi) is 6.77. The van der Waals surface area contributed by atoms with Crippen LogP contribution in [0.1, 0.15) is 52.0 Å². The lowest BCUT2D eigenvalue weighted by Gasteiger charge is -2.05. The van der Waals surface area contributed by atoms with E-state index < -0.39 is 11.9 Å². The van der Waals surface area contributed by atoms with Crippen LogP contribution in [0, 0.1) is 0 Å². The van der Waals surface area contributed by atoms with E-state index in [4.69, 9.17) is 15.7 Å². The average molecular weight is 291 g/mol. The molecule has 0 radical (unpaired) electrons. The second kappa shape index (κ2) is 8.60. The molecule has 1 aromatic carbocycles. The zero-order valence-electron chi connectivity index (χ0n) is 11.5. The monoisotopic (exact) mass is 291 g/mol. The molecule has 0 aliphatic heterocycles. The Morgan fingerprint density at radius 3 is 2.10 bits per heavy atom. The van der Waals surface area contributed by atoms with Gasteiger partial charge in [-0.25, -0.2) is 9.59 Å². The molecule has 0 aliphatic carbocycles. The molecule has 0 aromatic heterocycles. The number of unbranched alkanes of at least 4 members (excludes halogenated alkanes) is 3. The summed E-state index contributed by atoms with van der Waals surface area (Å²) in [4.78, 5) is 24.6. The number of aryl methyl sites for hydroxylation is 1. The second-order valence-electron chi connectivity index (χ2n) is 4.65. The number of hydrogen-bond donors (Lipinski definition) is 2. The summed E-state index contributed by atoms with van der Waals surface area (Å²) < 4.78 is 0. The molecule has 0 amide bonds. The standard InChI is InChI=1S/C14H17N3O4/c15-17-16-6-4-2-1-3-5-10-7-11(13(18)19)9-12(8-10)14(20)21/h7-9H,1-6H2,(H,18,19)(H,20,21). The highest BCUT2D eigenvalue weighted by molar-refractivity contribution is 5.94. The zero-order valence-corrected chi connectivity index (χ0v) is 11.5. The summed E-state index contributed by atoms with van der Waals surface area (Å²) in [5, 5.41) is 21.4. The first-order valence-corrected chi connectivity index (χ1v) is 6.66. The van der Waals surface area contributed by atoms with E-state index in [2.05, 4.69) is 10.0 Å². The molecule has 0 heterocycles. The van der Waals surface area contributed by atoms with Crippen molar-refractivity contribution in [2.75, 3.05) is 6.54 Å². The minimum Gasteiger partial charge on any atom is -0.478 e. The van der Waals surface area contributed by atoms with Gasteiger partial charge in [0.05, 0.1) is 11.1 Å². The highest BCUT2D eigenvalue weighted by atomic mass is 16.4. The number of aromatic carboxylic acids is 2. The third-order valence-electron chi connectivity index (χ3n) is 3.02. The number of azide groups is 1. The van der Waals surface area contributed by atoms with Crippen molar-refractivity contribution in [2.24, 2.45) is 5.11 Å². The molecule has 1 aromatic rings. The fourth-order valence-electron chi connectivity index (χ4n) is 1.99. The minimum absolute atomic E-state index is 0.00624. The number of benzene rings is 1. The Hall–Kier alpha value is -2.53. The highest BCUT2D eigenvalue weighted by Gasteiger charge is 2.11. The van der Waals surface area contributed by atoms with Crippen LogP contribution in [0.15, 0.2) is 23.3 Å². The van der Waals surface area contributed by atoms with Gasteiger partial charge in [-0.15, -0.1) is 0 Å². The minimum atomic E-state index is -1.13. The molecule has 1 rings (SSSR count). The largest absolute Gasteiger partial charge is 0.478 e.